The monoisotopic (exact) mass is 438 g/mol. The zero-order chi connectivity index (χ0) is 23.1. The molecule has 1 fully saturated rings. The molecule has 0 saturated carbocycles. The first-order valence-corrected chi connectivity index (χ1v) is 10.7. The lowest BCUT2D eigenvalue weighted by Crippen LogP contribution is -2.50. The number of hydrogen-bond donors (Lipinski definition) is 2. The van der Waals surface area contributed by atoms with E-state index in [1.165, 1.54) is 0 Å². The quantitative estimate of drug-likeness (QED) is 0.672. The Morgan fingerprint density at radius 1 is 0.938 bits per heavy atom. The molecule has 2 aromatic carbocycles. The minimum atomic E-state index is -0.679. The number of methoxy groups -OCH3 is 1. The van der Waals surface area contributed by atoms with E-state index in [0.717, 1.165) is 11.1 Å². The van der Waals surface area contributed by atoms with Gasteiger partial charge in [0.1, 0.15) is 5.75 Å². The number of anilines is 1. The lowest BCUT2D eigenvalue weighted by molar-refractivity contribution is -0.136. The van der Waals surface area contributed by atoms with Gasteiger partial charge >= 0.3 is 11.8 Å². The molecule has 3 rings (SSSR count). The molecule has 0 aromatic heterocycles. The highest BCUT2D eigenvalue weighted by molar-refractivity contribution is 6.39. The van der Waals surface area contributed by atoms with Crippen LogP contribution in [0.4, 0.5) is 5.69 Å². The predicted octanol–water partition coefficient (Wildman–Crippen LogP) is 1.82. The van der Waals surface area contributed by atoms with E-state index in [1.54, 1.807) is 31.4 Å². The molecule has 1 saturated heterocycles. The van der Waals surface area contributed by atoms with Crippen LogP contribution in [0.5, 0.6) is 5.75 Å². The van der Waals surface area contributed by atoms with Crippen molar-refractivity contribution in [3.8, 4) is 5.75 Å². The van der Waals surface area contributed by atoms with Crippen molar-refractivity contribution in [2.75, 3.05) is 51.7 Å². The second-order valence-corrected chi connectivity index (χ2v) is 7.87. The summed E-state index contributed by atoms with van der Waals surface area (Å²) in [5, 5.41) is 5.28. The van der Waals surface area contributed by atoms with Crippen LogP contribution in [0.15, 0.2) is 42.5 Å². The van der Waals surface area contributed by atoms with Crippen molar-refractivity contribution in [3.63, 3.8) is 0 Å². The molecular weight excluding hydrogens is 408 g/mol. The van der Waals surface area contributed by atoms with Crippen molar-refractivity contribution in [2.24, 2.45) is 0 Å². The van der Waals surface area contributed by atoms with Crippen LogP contribution in [0.25, 0.3) is 0 Å². The van der Waals surface area contributed by atoms with Gasteiger partial charge in [-0.1, -0.05) is 12.1 Å². The number of amides is 3. The molecule has 0 unspecified atom stereocenters. The zero-order valence-electron chi connectivity index (χ0n) is 18.8. The van der Waals surface area contributed by atoms with Crippen molar-refractivity contribution in [2.45, 2.75) is 13.8 Å². The Bertz CT molecular complexity index is 984. The lowest BCUT2D eigenvalue weighted by atomic mass is 10.1. The molecule has 170 valence electrons. The Morgan fingerprint density at radius 2 is 1.69 bits per heavy atom. The van der Waals surface area contributed by atoms with Gasteiger partial charge in [0.05, 0.1) is 7.11 Å². The normalized spacial score (nSPS) is 14.0. The molecule has 2 aromatic rings. The molecule has 3 amide bonds. The first-order valence-electron chi connectivity index (χ1n) is 10.7. The first-order chi connectivity index (χ1) is 15.4. The van der Waals surface area contributed by atoms with Crippen molar-refractivity contribution in [3.05, 3.63) is 59.2 Å². The second kappa shape index (κ2) is 10.8. The van der Waals surface area contributed by atoms with Crippen molar-refractivity contribution in [1.29, 1.82) is 0 Å². The van der Waals surface area contributed by atoms with Gasteiger partial charge in [0, 0.05) is 50.5 Å². The summed E-state index contributed by atoms with van der Waals surface area (Å²) in [6, 6.07) is 12.7. The van der Waals surface area contributed by atoms with E-state index in [4.69, 9.17) is 4.74 Å². The van der Waals surface area contributed by atoms with Gasteiger partial charge in [0.15, 0.2) is 0 Å². The van der Waals surface area contributed by atoms with Crippen LogP contribution < -0.4 is 15.4 Å². The molecule has 0 spiro atoms. The minimum absolute atomic E-state index is 0.0140. The smallest absolute Gasteiger partial charge is 0.313 e. The van der Waals surface area contributed by atoms with Crippen molar-refractivity contribution in [1.82, 2.24) is 15.1 Å². The molecule has 1 heterocycles. The van der Waals surface area contributed by atoms with Crippen LogP contribution in [0.2, 0.25) is 0 Å². The molecular formula is C24H30N4O4. The maximum absolute atomic E-state index is 12.7. The van der Waals surface area contributed by atoms with Crippen LogP contribution in [0.1, 0.15) is 21.5 Å². The van der Waals surface area contributed by atoms with Gasteiger partial charge in [0.25, 0.3) is 5.91 Å². The third kappa shape index (κ3) is 6.07. The molecule has 1 aliphatic heterocycles. The summed E-state index contributed by atoms with van der Waals surface area (Å²) >= 11 is 0. The number of hydrogen-bond acceptors (Lipinski definition) is 5. The van der Waals surface area contributed by atoms with Gasteiger partial charge in [-0.25, -0.2) is 0 Å². The number of nitrogens with zero attached hydrogens (tertiary/aromatic N) is 2. The molecule has 0 radical (unpaired) electrons. The van der Waals surface area contributed by atoms with Gasteiger partial charge in [-0.05, 0) is 55.3 Å². The average Bonchev–Trinajstić information content (AvgIpc) is 2.81. The van der Waals surface area contributed by atoms with Gasteiger partial charge < -0.3 is 20.3 Å². The first kappa shape index (κ1) is 23.3. The second-order valence-electron chi connectivity index (χ2n) is 7.87. The fourth-order valence-corrected chi connectivity index (χ4v) is 3.53. The van der Waals surface area contributed by atoms with Gasteiger partial charge in [-0.15, -0.1) is 0 Å². The van der Waals surface area contributed by atoms with E-state index in [1.807, 2.05) is 36.9 Å². The maximum Gasteiger partial charge on any atom is 0.313 e. The standard InChI is InChI=1S/C24H30N4O4/c1-17-7-8-20(15-18(17)2)26-23(30)22(29)25-9-10-27-11-13-28(14-12-27)24(31)19-5-4-6-21(16-19)32-3/h4-8,15-16H,9-14H2,1-3H3,(H,25,29)(H,26,30). The summed E-state index contributed by atoms with van der Waals surface area (Å²) in [6.45, 7) is 7.56. The number of carbonyl (C=O) groups excluding carboxylic acids is 3. The number of rotatable bonds is 6. The van der Waals surface area contributed by atoms with Crippen LogP contribution >= 0.6 is 0 Å². The van der Waals surface area contributed by atoms with Crippen LogP contribution in [-0.2, 0) is 9.59 Å². The van der Waals surface area contributed by atoms with E-state index >= 15 is 0 Å². The Hall–Kier alpha value is -3.39. The maximum atomic E-state index is 12.7. The molecule has 0 atom stereocenters. The fraction of sp³-hybridized carbons (Fsp3) is 0.375. The predicted molar refractivity (Wildman–Crippen MR) is 123 cm³/mol. The Balaban J connectivity index is 1.39. The minimum Gasteiger partial charge on any atom is -0.497 e. The van der Waals surface area contributed by atoms with Crippen LogP contribution in [0, 0.1) is 13.8 Å². The average molecular weight is 439 g/mol. The van der Waals surface area contributed by atoms with Gasteiger partial charge in [-0.3, -0.25) is 19.3 Å². The lowest BCUT2D eigenvalue weighted by Gasteiger charge is -2.34. The van der Waals surface area contributed by atoms with E-state index in [9.17, 15) is 14.4 Å². The Morgan fingerprint density at radius 3 is 2.38 bits per heavy atom. The third-order valence-electron chi connectivity index (χ3n) is 5.66. The number of aryl methyl sites for hydroxylation is 2. The summed E-state index contributed by atoms with van der Waals surface area (Å²) in [6.07, 6.45) is 0. The fourth-order valence-electron chi connectivity index (χ4n) is 3.53. The van der Waals surface area contributed by atoms with E-state index in [0.29, 0.717) is 56.3 Å². The number of benzene rings is 2. The molecule has 0 aliphatic carbocycles. The molecule has 8 heteroatoms. The van der Waals surface area contributed by atoms with Crippen LogP contribution in [-0.4, -0.2) is 73.9 Å². The highest BCUT2D eigenvalue weighted by Gasteiger charge is 2.22. The topological polar surface area (TPSA) is 91.0 Å². The van der Waals surface area contributed by atoms with Crippen molar-refractivity contribution >= 4 is 23.4 Å². The van der Waals surface area contributed by atoms with Crippen molar-refractivity contribution < 1.29 is 19.1 Å². The van der Waals surface area contributed by atoms with Gasteiger partial charge in [0.2, 0.25) is 0 Å². The summed E-state index contributed by atoms with van der Waals surface area (Å²) in [4.78, 5) is 40.9. The summed E-state index contributed by atoms with van der Waals surface area (Å²) < 4.78 is 5.19. The zero-order valence-corrected chi connectivity index (χ0v) is 18.8. The molecule has 0 bridgehead atoms. The van der Waals surface area contributed by atoms with E-state index < -0.39 is 11.8 Å². The van der Waals surface area contributed by atoms with E-state index in [-0.39, 0.29) is 5.91 Å². The SMILES string of the molecule is COc1cccc(C(=O)N2CCN(CCNC(=O)C(=O)Nc3ccc(C)c(C)c3)CC2)c1. The largest absolute Gasteiger partial charge is 0.497 e. The number of nitrogens with one attached hydrogen (secondary N) is 2. The number of carbonyl (C=O) groups is 3. The number of ether oxygens (including phenoxy) is 1. The Labute approximate surface area is 188 Å². The third-order valence-corrected chi connectivity index (χ3v) is 5.66. The van der Waals surface area contributed by atoms with Crippen LogP contribution in [0.3, 0.4) is 0 Å². The molecule has 2 N–H and O–H groups in total. The molecule has 32 heavy (non-hydrogen) atoms. The number of piperazine rings is 1. The summed E-state index contributed by atoms with van der Waals surface area (Å²) in [5.41, 5.74) is 3.38. The van der Waals surface area contributed by atoms with E-state index in [2.05, 4.69) is 15.5 Å². The highest BCUT2D eigenvalue weighted by atomic mass is 16.5. The van der Waals surface area contributed by atoms with Gasteiger partial charge in [-0.2, -0.15) is 0 Å². The highest BCUT2D eigenvalue weighted by Crippen LogP contribution is 2.16. The molecule has 8 nitrogen and oxygen atoms in total. The Kier molecular flexibility index (Phi) is 7.83. The molecule has 1 aliphatic rings. The summed E-state index contributed by atoms with van der Waals surface area (Å²) in [7, 11) is 1.58. The summed E-state index contributed by atoms with van der Waals surface area (Å²) in [5.74, 6) is -0.691.